The van der Waals surface area contributed by atoms with Gasteiger partial charge in [-0.2, -0.15) is 0 Å². The van der Waals surface area contributed by atoms with Crippen molar-refractivity contribution in [2.24, 2.45) is 0 Å². The lowest BCUT2D eigenvalue weighted by atomic mass is 9.79. The number of carboxylic acids is 1. The average molecular weight is 343 g/mol. The van der Waals surface area contributed by atoms with Gasteiger partial charge in [0.05, 0.1) is 5.56 Å². The molecule has 0 spiro atoms. The Labute approximate surface area is 146 Å². The van der Waals surface area contributed by atoms with Crippen molar-refractivity contribution in [1.82, 2.24) is 4.98 Å². The van der Waals surface area contributed by atoms with Crippen LogP contribution in [-0.2, 0) is 12.8 Å². The molecule has 25 heavy (non-hydrogen) atoms. The molecule has 0 bridgehead atoms. The SMILES string of the molecule is CC(F)Oc1ccc2c(c1)CCCC2CCc1cnccc1C(=O)O. The number of nitrogens with zero attached hydrogens (tertiary/aromatic N) is 1. The predicted molar refractivity (Wildman–Crippen MR) is 92.8 cm³/mol. The number of fused-ring (bicyclic) bond motifs is 1. The van der Waals surface area contributed by atoms with Gasteiger partial charge in [-0.3, -0.25) is 4.98 Å². The molecule has 1 aromatic carbocycles. The van der Waals surface area contributed by atoms with E-state index in [4.69, 9.17) is 4.74 Å². The minimum Gasteiger partial charge on any atom is -0.478 e. The van der Waals surface area contributed by atoms with Gasteiger partial charge in [-0.25, -0.2) is 9.18 Å². The Morgan fingerprint density at radius 3 is 3.04 bits per heavy atom. The molecule has 0 saturated heterocycles. The Balaban J connectivity index is 1.75. The van der Waals surface area contributed by atoms with E-state index in [2.05, 4.69) is 4.98 Å². The van der Waals surface area contributed by atoms with E-state index >= 15 is 0 Å². The van der Waals surface area contributed by atoms with Gasteiger partial charge in [0.25, 0.3) is 0 Å². The number of aromatic nitrogens is 1. The van der Waals surface area contributed by atoms with Crippen LogP contribution in [0.15, 0.2) is 36.7 Å². The summed E-state index contributed by atoms with van der Waals surface area (Å²) in [5, 5.41) is 9.29. The molecule has 1 heterocycles. The Morgan fingerprint density at radius 2 is 2.28 bits per heavy atom. The number of hydrogen-bond donors (Lipinski definition) is 1. The number of carboxylic acid groups (broad SMARTS) is 1. The molecule has 0 amide bonds. The van der Waals surface area contributed by atoms with E-state index in [9.17, 15) is 14.3 Å². The number of benzene rings is 1. The Morgan fingerprint density at radius 1 is 1.44 bits per heavy atom. The number of pyridine rings is 1. The monoisotopic (exact) mass is 343 g/mol. The third kappa shape index (κ3) is 4.16. The van der Waals surface area contributed by atoms with Crippen molar-refractivity contribution < 1.29 is 19.0 Å². The van der Waals surface area contributed by atoms with Gasteiger partial charge in [-0.15, -0.1) is 0 Å². The topological polar surface area (TPSA) is 59.4 Å². The first-order valence-corrected chi connectivity index (χ1v) is 8.64. The van der Waals surface area contributed by atoms with Crippen molar-refractivity contribution in [3.63, 3.8) is 0 Å². The molecule has 0 aliphatic heterocycles. The molecule has 1 aliphatic rings. The number of aryl methyl sites for hydroxylation is 2. The van der Waals surface area contributed by atoms with Gasteiger partial charge in [0.1, 0.15) is 5.75 Å². The van der Waals surface area contributed by atoms with Gasteiger partial charge in [-0.05, 0) is 72.9 Å². The summed E-state index contributed by atoms with van der Waals surface area (Å²) in [6.07, 6.45) is 6.51. The van der Waals surface area contributed by atoms with Crippen molar-refractivity contribution in [3.8, 4) is 5.75 Å². The molecule has 1 N–H and O–H groups in total. The number of alkyl halides is 1. The highest BCUT2D eigenvalue weighted by Gasteiger charge is 2.22. The fourth-order valence-corrected chi connectivity index (χ4v) is 3.62. The number of ether oxygens (including phenoxy) is 1. The van der Waals surface area contributed by atoms with Crippen LogP contribution in [0.5, 0.6) is 5.75 Å². The smallest absolute Gasteiger partial charge is 0.336 e. The molecule has 1 aromatic heterocycles. The van der Waals surface area contributed by atoms with E-state index in [1.807, 2.05) is 18.2 Å². The van der Waals surface area contributed by atoms with E-state index in [0.29, 0.717) is 23.7 Å². The van der Waals surface area contributed by atoms with Gasteiger partial charge in [0.15, 0.2) is 0 Å². The van der Waals surface area contributed by atoms with Gasteiger partial charge < -0.3 is 9.84 Å². The van der Waals surface area contributed by atoms with Crippen molar-refractivity contribution in [2.75, 3.05) is 0 Å². The van der Waals surface area contributed by atoms with E-state index in [0.717, 1.165) is 31.2 Å². The van der Waals surface area contributed by atoms with Gasteiger partial charge in [-0.1, -0.05) is 6.07 Å². The van der Waals surface area contributed by atoms with Crippen molar-refractivity contribution >= 4 is 5.97 Å². The zero-order chi connectivity index (χ0) is 17.8. The maximum absolute atomic E-state index is 13.0. The number of hydrogen-bond acceptors (Lipinski definition) is 3. The molecule has 2 aromatic rings. The van der Waals surface area contributed by atoms with Crippen LogP contribution in [0.4, 0.5) is 4.39 Å². The van der Waals surface area contributed by atoms with Crippen molar-refractivity contribution in [1.29, 1.82) is 0 Å². The maximum atomic E-state index is 13.0. The van der Waals surface area contributed by atoms with E-state index in [1.54, 1.807) is 12.3 Å². The van der Waals surface area contributed by atoms with E-state index < -0.39 is 12.3 Å². The molecule has 3 rings (SSSR count). The second-order valence-corrected chi connectivity index (χ2v) is 6.49. The number of rotatable bonds is 6. The van der Waals surface area contributed by atoms with Crippen LogP contribution in [0.3, 0.4) is 0 Å². The molecular formula is C20H22FNO3. The number of halogens is 1. The molecule has 132 valence electrons. The van der Waals surface area contributed by atoms with Crippen LogP contribution in [-0.4, -0.2) is 22.4 Å². The zero-order valence-electron chi connectivity index (χ0n) is 14.2. The first-order chi connectivity index (χ1) is 12.0. The molecule has 5 heteroatoms. The average Bonchev–Trinajstić information content (AvgIpc) is 2.59. The van der Waals surface area contributed by atoms with Crippen LogP contribution in [0.1, 0.15) is 59.2 Å². The summed E-state index contributed by atoms with van der Waals surface area (Å²) >= 11 is 0. The van der Waals surface area contributed by atoms with E-state index in [1.165, 1.54) is 24.2 Å². The standard InChI is InChI=1S/C20H22FNO3/c1-13(21)25-17-7-8-18-14(3-2-4-15(18)11-17)5-6-16-12-22-10-9-19(16)20(23)24/h7-14H,2-6H2,1H3,(H,23,24). The molecule has 4 nitrogen and oxygen atoms in total. The van der Waals surface area contributed by atoms with Crippen LogP contribution < -0.4 is 4.74 Å². The lowest BCUT2D eigenvalue weighted by molar-refractivity contribution is 0.0695. The van der Waals surface area contributed by atoms with Gasteiger partial charge in [0.2, 0.25) is 6.36 Å². The van der Waals surface area contributed by atoms with Gasteiger partial charge in [0, 0.05) is 19.3 Å². The van der Waals surface area contributed by atoms with Crippen LogP contribution >= 0.6 is 0 Å². The summed E-state index contributed by atoms with van der Waals surface area (Å²) in [7, 11) is 0. The fraction of sp³-hybridized carbons (Fsp3) is 0.400. The molecule has 2 unspecified atom stereocenters. The summed E-state index contributed by atoms with van der Waals surface area (Å²) in [6.45, 7) is 1.37. The zero-order valence-corrected chi connectivity index (χ0v) is 14.2. The maximum Gasteiger partial charge on any atom is 0.336 e. The Hall–Kier alpha value is -2.43. The third-order valence-electron chi connectivity index (χ3n) is 4.75. The van der Waals surface area contributed by atoms with Crippen LogP contribution in [0.25, 0.3) is 0 Å². The predicted octanol–water partition coefficient (Wildman–Crippen LogP) is 4.53. The normalized spacial score (nSPS) is 17.6. The van der Waals surface area contributed by atoms with Crippen LogP contribution in [0, 0.1) is 0 Å². The Bertz CT molecular complexity index is 760. The number of carbonyl (C=O) groups is 1. The highest BCUT2D eigenvalue weighted by molar-refractivity contribution is 5.89. The summed E-state index contributed by atoms with van der Waals surface area (Å²) in [4.78, 5) is 15.4. The van der Waals surface area contributed by atoms with Gasteiger partial charge >= 0.3 is 5.97 Å². The van der Waals surface area contributed by atoms with E-state index in [-0.39, 0.29) is 0 Å². The summed E-state index contributed by atoms with van der Waals surface area (Å²) < 4.78 is 18.2. The minimum atomic E-state index is -1.32. The highest BCUT2D eigenvalue weighted by atomic mass is 19.1. The first-order valence-electron chi connectivity index (χ1n) is 8.64. The fourth-order valence-electron chi connectivity index (χ4n) is 3.62. The minimum absolute atomic E-state index is 0.326. The largest absolute Gasteiger partial charge is 0.478 e. The molecule has 1 aliphatic carbocycles. The molecule has 0 saturated carbocycles. The van der Waals surface area contributed by atoms with Crippen molar-refractivity contribution in [2.45, 2.75) is 51.3 Å². The lowest BCUT2D eigenvalue weighted by Gasteiger charge is -2.26. The second-order valence-electron chi connectivity index (χ2n) is 6.49. The summed E-state index contributed by atoms with van der Waals surface area (Å²) in [6, 6.07) is 7.33. The van der Waals surface area contributed by atoms with Crippen LogP contribution in [0.2, 0.25) is 0 Å². The second kappa shape index (κ2) is 7.64. The summed E-state index contributed by atoms with van der Waals surface area (Å²) in [5.74, 6) is 0.0286. The van der Waals surface area contributed by atoms with Crippen molar-refractivity contribution in [3.05, 3.63) is 58.9 Å². The third-order valence-corrected chi connectivity index (χ3v) is 4.75. The molecule has 0 radical (unpaired) electrons. The quantitative estimate of drug-likeness (QED) is 0.837. The lowest BCUT2D eigenvalue weighted by Crippen LogP contribution is -2.13. The Kier molecular flexibility index (Phi) is 5.31. The highest BCUT2D eigenvalue weighted by Crippen LogP contribution is 2.36. The molecule has 2 atom stereocenters. The first kappa shape index (κ1) is 17.4. The number of aromatic carboxylic acids is 1. The molecule has 0 fully saturated rings. The summed E-state index contributed by atoms with van der Waals surface area (Å²) in [5.41, 5.74) is 3.57. The molecular weight excluding hydrogens is 321 g/mol.